The van der Waals surface area contributed by atoms with E-state index in [1.165, 1.54) is 12.6 Å². The largest absolute Gasteiger partial charge is 0.462 e. The average molecular weight is 463 g/mol. The zero-order chi connectivity index (χ0) is 23.1. The molecule has 1 aliphatic carbocycles. The molecule has 0 spiro atoms. The topological polar surface area (TPSA) is 134 Å². The fourth-order valence-electron chi connectivity index (χ4n) is 3.99. The van der Waals surface area contributed by atoms with Crippen molar-refractivity contribution in [3.05, 3.63) is 35.5 Å². The van der Waals surface area contributed by atoms with Gasteiger partial charge in [-0.15, -0.1) is 0 Å². The molecule has 1 saturated carbocycles. The summed E-state index contributed by atoms with van der Waals surface area (Å²) in [7, 11) is 0. The number of nitrogens with zero attached hydrogens (tertiary/aromatic N) is 2. The number of rotatable bonds is 9. The minimum absolute atomic E-state index is 0.0708. The summed E-state index contributed by atoms with van der Waals surface area (Å²) in [5.74, 6) is 0.311. The van der Waals surface area contributed by atoms with Gasteiger partial charge in [0.05, 0.1) is 24.2 Å². The molecule has 0 amide bonds. The highest BCUT2D eigenvalue weighted by Gasteiger charge is 2.26. The highest BCUT2D eigenvalue weighted by molar-refractivity contribution is 7.79. The van der Waals surface area contributed by atoms with Crippen molar-refractivity contribution in [1.82, 2.24) is 9.97 Å². The van der Waals surface area contributed by atoms with Gasteiger partial charge in [-0.1, -0.05) is 19.3 Å². The molecule has 2 atom stereocenters. The Morgan fingerprint density at radius 1 is 1.31 bits per heavy atom. The van der Waals surface area contributed by atoms with Gasteiger partial charge in [0.15, 0.2) is 11.1 Å². The highest BCUT2D eigenvalue weighted by atomic mass is 32.2. The third kappa shape index (κ3) is 6.02. The zero-order valence-electron chi connectivity index (χ0n) is 18.3. The SMILES string of the molecule is CCOC(=O)c1cnc(Nc2ccc(S(=O)O)c(C)c2)nc1N[C@H](CO)C1CCCCC1. The van der Waals surface area contributed by atoms with E-state index in [4.69, 9.17) is 4.74 Å². The molecule has 1 aliphatic rings. The van der Waals surface area contributed by atoms with Crippen LogP contribution >= 0.6 is 0 Å². The molecular formula is C22H30N4O5S. The van der Waals surface area contributed by atoms with Gasteiger partial charge >= 0.3 is 5.97 Å². The number of anilines is 3. The molecule has 0 saturated heterocycles. The normalized spacial score (nSPS) is 16.2. The van der Waals surface area contributed by atoms with Crippen molar-refractivity contribution in [3.63, 3.8) is 0 Å². The minimum Gasteiger partial charge on any atom is -0.462 e. The molecule has 1 fully saturated rings. The maximum atomic E-state index is 12.4. The molecule has 1 aromatic carbocycles. The van der Waals surface area contributed by atoms with E-state index in [0.29, 0.717) is 27.9 Å². The van der Waals surface area contributed by atoms with Crippen LogP contribution in [0.2, 0.25) is 0 Å². The van der Waals surface area contributed by atoms with E-state index in [2.05, 4.69) is 20.6 Å². The van der Waals surface area contributed by atoms with Gasteiger partial charge in [0.1, 0.15) is 11.4 Å². The molecule has 4 N–H and O–H groups in total. The Morgan fingerprint density at radius 2 is 2.06 bits per heavy atom. The van der Waals surface area contributed by atoms with Gasteiger partial charge in [-0.2, -0.15) is 4.98 Å². The maximum Gasteiger partial charge on any atom is 0.343 e. The van der Waals surface area contributed by atoms with Crippen molar-refractivity contribution in [2.24, 2.45) is 5.92 Å². The zero-order valence-corrected chi connectivity index (χ0v) is 19.2. The first kappa shape index (κ1) is 24.1. The van der Waals surface area contributed by atoms with Crippen LogP contribution in [0.15, 0.2) is 29.3 Å². The maximum absolute atomic E-state index is 12.4. The lowest BCUT2D eigenvalue weighted by molar-refractivity contribution is 0.0526. The number of aryl methyl sites for hydroxylation is 1. The fraction of sp³-hybridized carbons (Fsp3) is 0.500. The average Bonchev–Trinajstić information content (AvgIpc) is 2.78. The van der Waals surface area contributed by atoms with E-state index in [1.807, 2.05) is 0 Å². The third-order valence-electron chi connectivity index (χ3n) is 5.64. The van der Waals surface area contributed by atoms with Crippen molar-refractivity contribution in [2.45, 2.75) is 56.9 Å². The monoisotopic (exact) mass is 462 g/mol. The third-order valence-corrected chi connectivity index (χ3v) is 6.48. The lowest BCUT2D eigenvalue weighted by Gasteiger charge is -2.30. The summed E-state index contributed by atoms with van der Waals surface area (Å²) in [6, 6.07) is 4.71. The van der Waals surface area contributed by atoms with Crippen molar-refractivity contribution < 1.29 is 23.4 Å². The molecule has 9 nitrogen and oxygen atoms in total. The van der Waals surface area contributed by atoms with Gasteiger partial charge in [0.2, 0.25) is 5.95 Å². The molecule has 1 aromatic heterocycles. The van der Waals surface area contributed by atoms with Crippen LogP contribution < -0.4 is 10.6 Å². The van der Waals surface area contributed by atoms with E-state index in [0.717, 1.165) is 25.7 Å². The molecule has 10 heteroatoms. The van der Waals surface area contributed by atoms with Crippen molar-refractivity contribution >= 4 is 34.5 Å². The molecule has 0 aliphatic heterocycles. The molecule has 3 rings (SSSR count). The number of benzene rings is 1. The predicted octanol–water partition coefficient (Wildman–Crippen LogP) is 3.64. The predicted molar refractivity (Wildman–Crippen MR) is 123 cm³/mol. The Hall–Kier alpha value is -2.56. The number of aliphatic hydroxyl groups excluding tert-OH is 1. The van der Waals surface area contributed by atoms with Gasteiger partial charge in [-0.25, -0.2) is 14.0 Å². The van der Waals surface area contributed by atoms with E-state index in [9.17, 15) is 18.7 Å². The summed E-state index contributed by atoms with van der Waals surface area (Å²) in [6.07, 6.45) is 6.87. The Balaban J connectivity index is 1.87. The van der Waals surface area contributed by atoms with E-state index < -0.39 is 17.0 Å². The Kier molecular flexibility index (Phi) is 8.54. The summed E-state index contributed by atoms with van der Waals surface area (Å²) in [5.41, 5.74) is 1.49. The number of carbonyl (C=O) groups is 1. The van der Waals surface area contributed by atoms with Crippen molar-refractivity contribution in [3.8, 4) is 0 Å². The Morgan fingerprint density at radius 3 is 2.69 bits per heavy atom. The lowest BCUT2D eigenvalue weighted by atomic mass is 9.84. The standard InChI is InChI=1S/C22H30N4O5S/c1-3-31-21(28)17-12-23-22(24-16-9-10-19(32(29)30)14(2)11-16)26-20(17)25-18(13-27)15-7-5-4-6-8-15/h9-12,15,18,27H,3-8,13H2,1-2H3,(H,29,30)(H2,23,24,25,26)/t18-/m1/s1. The van der Waals surface area contributed by atoms with Crippen LogP contribution in [-0.4, -0.2) is 49.1 Å². The first-order chi connectivity index (χ1) is 15.4. The molecule has 1 heterocycles. The fourth-order valence-corrected chi connectivity index (χ4v) is 4.51. The quantitative estimate of drug-likeness (QED) is 0.325. The number of hydrogen-bond acceptors (Lipinski definition) is 8. The molecule has 174 valence electrons. The summed E-state index contributed by atoms with van der Waals surface area (Å²) < 4.78 is 25.8. The van der Waals surface area contributed by atoms with Crippen molar-refractivity contribution in [1.29, 1.82) is 0 Å². The second-order valence-electron chi connectivity index (χ2n) is 7.86. The van der Waals surface area contributed by atoms with Crippen LogP contribution in [0, 0.1) is 12.8 Å². The smallest absolute Gasteiger partial charge is 0.343 e. The molecule has 2 aromatic rings. The van der Waals surface area contributed by atoms with Gasteiger partial charge < -0.3 is 25.0 Å². The van der Waals surface area contributed by atoms with Gasteiger partial charge in [-0.3, -0.25) is 0 Å². The second-order valence-corrected chi connectivity index (χ2v) is 8.80. The second kappa shape index (κ2) is 11.3. The summed E-state index contributed by atoms with van der Waals surface area (Å²) >= 11 is -2.06. The molecule has 32 heavy (non-hydrogen) atoms. The van der Waals surface area contributed by atoms with Crippen LogP contribution in [-0.2, 0) is 15.8 Å². The molecule has 0 radical (unpaired) electrons. The number of aromatic nitrogens is 2. The van der Waals surface area contributed by atoms with Crippen LogP contribution in [0.4, 0.5) is 17.5 Å². The number of ether oxygens (including phenoxy) is 1. The first-order valence-corrected chi connectivity index (χ1v) is 11.9. The van der Waals surface area contributed by atoms with Crippen LogP contribution in [0.3, 0.4) is 0 Å². The number of aliphatic hydroxyl groups is 1. The van der Waals surface area contributed by atoms with Crippen molar-refractivity contribution in [2.75, 3.05) is 23.8 Å². The lowest BCUT2D eigenvalue weighted by Crippen LogP contribution is -2.35. The van der Waals surface area contributed by atoms with Gasteiger partial charge in [0.25, 0.3) is 0 Å². The molecule has 0 bridgehead atoms. The van der Waals surface area contributed by atoms with E-state index in [1.54, 1.807) is 32.0 Å². The molecule has 1 unspecified atom stereocenters. The van der Waals surface area contributed by atoms with Crippen LogP contribution in [0.25, 0.3) is 0 Å². The van der Waals surface area contributed by atoms with E-state index >= 15 is 0 Å². The van der Waals surface area contributed by atoms with Crippen LogP contribution in [0.5, 0.6) is 0 Å². The van der Waals surface area contributed by atoms with Gasteiger partial charge in [0, 0.05) is 11.9 Å². The number of nitrogens with one attached hydrogen (secondary N) is 2. The minimum atomic E-state index is -2.06. The Bertz CT molecular complexity index is 965. The number of carbonyl (C=O) groups excluding carboxylic acids is 1. The van der Waals surface area contributed by atoms with Gasteiger partial charge in [-0.05, 0) is 56.4 Å². The summed E-state index contributed by atoms with van der Waals surface area (Å²) in [4.78, 5) is 21.5. The van der Waals surface area contributed by atoms with E-state index in [-0.39, 0.29) is 30.8 Å². The van der Waals surface area contributed by atoms with Crippen LogP contribution in [0.1, 0.15) is 54.9 Å². The summed E-state index contributed by atoms with van der Waals surface area (Å²) in [6.45, 7) is 3.62. The number of esters is 1. The first-order valence-electron chi connectivity index (χ1n) is 10.8. The highest BCUT2D eigenvalue weighted by Crippen LogP contribution is 2.29. The number of hydrogen-bond donors (Lipinski definition) is 4. The summed E-state index contributed by atoms with van der Waals surface area (Å²) in [5, 5.41) is 16.3. The molecular weight excluding hydrogens is 432 g/mol. The Labute approximate surface area is 190 Å².